The van der Waals surface area contributed by atoms with Crippen LogP contribution in [-0.4, -0.2) is 22.5 Å². The van der Waals surface area contributed by atoms with Crippen LogP contribution in [0.1, 0.15) is 12.8 Å². The van der Waals surface area contributed by atoms with E-state index in [1.165, 1.54) is 12.1 Å². The Morgan fingerprint density at radius 3 is 2.50 bits per heavy atom. The summed E-state index contributed by atoms with van der Waals surface area (Å²) >= 11 is 0. The van der Waals surface area contributed by atoms with Crippen LogP contribution in [0.15, 0.2) is 24.3 Å². The number of non-ortho nitro benzene ring substituents is 1. The molecular weight excluding hydrogens is 212 g/mol. The minimum atomic E-state index is -0.828. The maximum Gasteiger partial charge on any atom is 0.303 e. The monoisotopic (exact) mass is 224 g/mol. The topological polar surface area (TPSA) is 92.5 Å². The van der Waals surface area contributed by atoms with Gasteiger partial charge >= 0.3 is 5.97 Å². The molecule has 1 rings (SSSR count). The Bertz CT molecular complexity index is 375. The van der Waals surface area contributed by atoms with Crippen molar-refractivity contribution < 1.29 is 14.8 Å². The lowest BCUT2D eigenvalue weighted by atomic mass is 10.2. The Morgan fingerprint density at radius 2 is 2.00 bits per heavy atom. The van der Waals surface area contributed by atoms with Gasteiger partial charge in [0.2, 0.25) is 0 Å². The molecule has 0 saturated carbocycles. The number of hydrogen-bond acceptors (Lipinski definition) is 4. The summed E-state index contributed by atoms with van der Waals surface area (Å²) in [6, 6.07) is 6.00. The zero-order valence-corrected chi connectivity index (χ0v) is 8.55. The normalized spacial score (nSPS) is 9.75. The quantitative estimate of drug-likeness (QED) is 0.437. The second kappa shape index (κ2) is 5.69. The van der Waals surface area contributed by atoms with Crippen LogP contribution < -0.4 is 5.32 Å². The first-order chi connectivity index (χ1) is 7.59. The number of nitrogens with one attached hydrogen (secondary N) is 1. The van der Waals surface area contributed by atoms with Crippen LogP contribution in [0.25, 0.3) is 0 Å². The predicted molar refractivity (Wildman–Crippen MR) is 58.5 cm³/mol. The van der Waals surface area contributed by atoms with E-state index in [0.29, 0.717) is 13.0 Å². The number of carbonyl (C=O) groups is 1. The lowest BCUT2D eigenvalue weighted by molar-refractivity contribution is -0.384. The minimum absolute atomic E-state index is 0.0380. The van der Waals surface area contributed by atoms with E-state index in [9.17, 15) is 14.9 Å². The first-order valence-electron chi connectivity index (χ1n) is 4.79. The number of hydrogen-bond donors (Lipinski definition) is 2. The predicted octanol–water partition coefficient (Wildman–Crippen LogP) is 1.87. The van der Waals surface area contributed by atoms with Crippen LogP contribution in [0, 0.1) is 10.1 Å². The molecule has 1 aromatic carbocycles. The van der Waals surface area contributed by atoms with E-state index in [1.807, 2.05) is 0 Å². The van der Waals surface area contributed by atoms with Crippen molar-refractivity contribution in [3.63, 3.8) is 0 Å². The Hall–Kier alpha value is -2.11. The first-order valence-corrected chi connectivity index (χ1v) is 4.79. The van der Waals surface area contributed by atoms with Crippen molar-refractivity contribution in [2.75, 3.05) is 11.9 Å². The summed E-state index contributed by atoms with van der Waals surface area (Å²) < 4.78 is 0. The molecule has 16 heavy (non-hydrogen) atoms. The summed E-state index contributed by atoms with van der Waals surface area (Å²) in [5, 5.41) is 21.8. The average Bonchev–Trinajstić information content (AvgIpc) is 2.25. The standard InChI is InChI=1S/C10H12N2O4/c13-10(14)2-1-7-11-8-3-5-9(6-4-8)12(15)16/h3-6,11H,1-2,7H2,(H,13,14). The molecule has 0 spiro atoms. The van der Waals surface area contributed by atoms with Gasteiger partial charge in [0.25, 0.3) is 5.69 Å². The third-order valence-corrected chi connectivity index (χ3v) is 1.97. The Morgan fingerprint density at radius 1 is 1.38 bits per heavy atom. The van der Waals surface area contributed by atoms with Crippen LogP contribution >= 0.6 is 0 Å². The maximum atomic E-state index is 10.4. The van der Waals surface area contributed by atoms with Crippen LogP contribution in [-0.2, 0) is 4.79 Å². The van der Waals surface area contributed by atoms with Gasteiger partial charge in [-0.05, 0) is 18.6 Å². The molecule has 6 nitrogen and oxygen atoms in total. The third-order valence-electron chi connectivity index (χ3n) is 1.97. The highest BCUT2D eigenvalue weighted by Gasteiger charge is 2.03. The Labute approximate surface area is 92.0 Å². The van der Waals surface area contributed by atoms with Gasteiger partial charge in [0.15, 0.2) is 0 Å². The summed E-state index contributed by atoms with van der Waals surface area (Å²) in [7, 11) is 0. The Kier molecular flexibility index (Phi) is 4.26. The fraction of sp³-hybridized carbons (Fsp3) is 0.300. The molecule has 0 radical (unpaired) electrons. The number of nitro benzene ring substituents is 1. The number of rotatable bonds is 6. The van der Waals surface area contributed by atoms with Gasteiger partial charge in [-0.3, -0.25) is 14.9 Å². The number of anilines is 1. The molecule has 0 aliphatic heterocycles. The average molecular weight is 224 g/mol. The molecule has 0 aliphatic rings. The fourth-order valence-corrected chi connectivity index (χ4v) is 1.17. The van der Waals surface area contributed by atoms with Crippen LogP contribution in [0.3, 0.4) is 0 Å². The molecule has 0 fully saturated rings. The number of benzene rings is 1. The summed E-state index contributed by atoms with van der Waals surface area (Å²) in [6.45, 7) is 0.532. The molecule has 6 heteroatoms. The molecular formula is C10H12N2O4. The van der Waals surface area contributed by atoms with Gasteiger partial charge in [-0.2, -0.15) is 0 Å². The van der Waals surface area contributed by atoms with Crippen molar-refractivity contribution in [3.8, 4) is 0 Å². The van der Waals surface area contributed by atoms with E-state index in [1.54, 1.807) is 12.1 Å². The highest BCUT2D eigenvalue weighted by atomic mass is 16.6. The van der Waals surface area contributed by atoms with E-state index in [4.69, 9.17) is 5.11 Å². The summed E-state index contributed by atoms with van der Waals surface area (Å²) in [5.41, 5.74) is 0.784. The number of aliphatic carboxylic acids is 1. The molecule has 86 valence electrons. The SMILES string of the molecule is O=C(O)CCCNc1ccc([N+](=O)[O-])cc1. The van der Waals surface area contributed by atoms with Gasteiger partial charge in [-0.25, -0.2) is 0 Å². The summed E-state index contributed by atoms with van der Waals surface area (Å²) in [4.78, 5) is 20.1. The molecule has 2 N–H and O–H groups in total. The van der Waals surface area contributed by atoms with E-state index in [2.05, 4.69) is 5.32 Å². The number of nitrogens with zero attached hydrogens (tertiary/aromatic N) is 1. The summed E-state index contributed by atoms with van der Waals surface area (Å²) in [6.07, 6.45) is 0.631. The van der Waals surface area contributed by atoms with Crippen LogP contribution in [0.2, 0.25) is 0 Å². The molecule has 1 aromatic rings. The zero-order valence-electron chi connectivity index (χ0n) is 8.55. The molecule has 0 saturated heterocycles. The van der Waals surface area contributed by atoms with Gasteiger partial charge < -0.3 is 10.4 Å². The largest absolute Gasteiger partial charge is 0.481 e. The molecule has 0 atom stereocenters. The molecule has 0 heterocycles. The van der Waals surface area contributed by atoms with Crippen molar-refractivity contribution in [1.29, 1.82) is 0 Å². The lowest BCUT2D eigenvalue weighted by Gasteiger charge is -2.04. The van der Waals surface area contributed by atoms with Gasteiger partial charge in [0.05, 0.1) is 4.92 Å². The fourth-order valence-electron chi connectivity index (χ4n) is 1.17. The summed E-state index contributed by atoms with van der Waals surface area (Å²) in [5.74, 6) is -0.828. The smallest absolute Gasteiger partial charge is 0.303 e. The van der Waals surface area contributed by atoms with Gasteiger partial charge in [0, 0.05) is 30.8 Å². The molecule has 0 aromatic heterocycles. The molecule has 0 unspecified atom stereocenters. The van der Waals surface area contributed by atoms with Crippen molar-refractivity contribution >= 4 is 17.3 Å². The van der Waals surface area contributed by atoms with Gasteiger partial charge in [-0.1, -0.05) is 0 Å². The molecule has 0 amide bonds. The second-order valence-corrected chi connectivity index (χ2v) is 3.23. The highest BCUT2D eigenvalue weighted by Crippen LogP contribution is 2.15. The first kappa shape index (κ1) is 12.0. The third kappa shape index (κ3) is 3.95. The molecule has 0 aliphatic carbocycles. The van der Waals surface area contributed by atoms with E-state index in [-0.39, 0.29) is 12.1 Å². The highest BCUT2D eigenvalue weighted by molar-refractivity contribution is 5.66. The van der Waals surface area contributed by atoms with Crippen molar-refractivity contribution in [3.05, 3.63) is 34.4 Å². The second-order valence-electron chi connectivity index (χ2n) is 3.23. The van der Waals surface area contributed by atoms with E-state index in [0.717, 1.165) is 5.69 Å². The number of carboxylic acid groups (broad SMARTS) is 1. The minimum Gasteiger partial charge on any atom is -0.481 e. The van der Waals surface area contributed by atoms with E-state index < -0.39 is 10.9 Å². The van der Waals surface area contributed by atoms with Crippen LogP contribution in [0.4, 0.5) is 11.4 Å². The molecule has 0 bridgehead atoms. The maximum absolute atomic E-state index is 10.4. The van der Waals surface area contributed by atoms with Gasteiger partial charge in [-0.15, -0.1) is 0 Å². The number of carboxylic acids is 1. The Balaban J connectivity index is 2.38. The van der Waals surface area contributed by atoms with Crippen LogP contribution in [0.5, 0.6) is 0 Å². The van der Waals surface area contributed by atoms with Gasteiger partial charge in [0.1, 0.15) is 0 Å². The van der Waals surface area contributed by atoms with Crippen molar-refractivity contribution in [2.24, 2.45) is 0 Å². The van der Waals surface area contributed by atoms with Crippen molar-refractivity contribution in [1.82, 2.24) is 0 Å². The number of nitro groups is 1. The van der Waals surface area contributed by atoms with E-state index >= 15 is 0 Å². The van der Waals surface area contributed by atoms with Crippen molar-refractivity contribution in [2.45, 2.75) is 12.8 Å². The lowest BCUT2D eigenvalue weighted by Crippen LogP contribution is -2.04. The zero-order chi connectivity index (χ0) is 12.0.